The van der Waals surface area contributed by atoms with Crippen LogP contribution in [0, 0.1) is 0 Å². The molecule has 0 saturated carbocycles. The van der Waals surface area contributed by atoms with Gasteiger partial charge >= 0.3 is 6.03 Å². The van der Waals surface area contributed by atoms with Crippen molar-refractivity contribution in [3.05, 3.63) is 23.8 Å². The Balaban J connectivity index is 1.53. The van der Waals surface area contributed by atoms with Gasteiger partial charge in [0, 0.05) is 12.6 Å². The highest BCUT2D eigenvalue weighted by Gasteiger charge is 2.50. The standard InChI is InChI=1S/C21H27N3O5/c1-3-15-6-4-5-9-23(15)18(25)13-24-19(26)21(2,22-20(24)27)14-7-8-16-17(12-14)29-11-10-28-16/h7-8,12,15H,3-6,9-11,13H2,1-2H3,(H,22,27)/t15-,21-/m0/s1. The van der Waals surface area contributed by atoms with Gasteiger partial charge in [0.2, 0.25) is 5.91 Å². The Morgan fingerprint density at radius 3 is 2.72 bits per heavy atom. The van der Waals surface area contributed by atoms with Crippen LogP contribution in [0.3, 0.4) is 0 Å². The zero-order valence-corrected chi connectivity index (χ0v) is 16.9. The van der Waals surface area contributed by atoms with Gasteiger partial charge in [-0.2, -0.15) is 0 Å². The van der Waals surface area contributed by atoms with E-state index in [1.807, 2.05) is 4.90 Å². The minimum atomic E-state index is -1.25. The number of benzene rings is 1. The summed E-state index contributed by atoms with van der Waals surface area (Å²) in [7, 11) is 0. The van der Waals surface area contributed by atoms with E-state index in [0.717, 1.165) is 30.6 Å². The summed E-state index contributed by atoms with van der Waals surface area (Å²) >= 11 is 0. The van der Waals surface area contributed by atoms with Crippen LogP contribution >= 0.6 is 0 Å². The number of hydrogen-bond donors (Lipinski definition) is 1. The Morgan fingerprint density at radius 2 is 1.97 bits per heavy atom. The molecule has 1 N–H and O–H groups in total. The number of urea groups is 1. The first-order valence-electron chi connectivity index (χ1n) is 10.3. The van der Waals surface area contributed by atoms with Gasteiger partial charge in [-0.3, -0.25) is 14.5 Å². The molecule has 29 heavy (non-hydrogen) atoms. The highest BCUT2D eigenvalue weighted by atomic mass is 16.6. The van der Waals surface area contributed by atoms with Crippen LogP contribution in [0.2, 0.25) is 0 Å². The quantitative estimate of drug-likeness (QED) is 0.780. The number of amides is 4. The van der Waals surface area contributed by atoms with E-state index in [4.69, 9.17) is 9.47 Å². The van der Waals surface area contributed by atoms with Crippen LogP contribution in [0.25, 0.3) is 0 Å². The molecule has 4 amide bonds. The predicted molar refractivity (Wildman–Crippen MR) is 105 cm³/mol. The topological polar surface area (TPSA) is 88.2 Å². The average molecular weight is 401 g/mol. The fraction of sp³-hybridized carbons (Fsp3) is 0.571. The molecule has 0 aromatic heterocycles. The number of carbonyl (C=O) groups is 3. The lowest BCUT2D eigenvalue weighted by Crippen LogP contribution is -2.49. The van der Waals surface area contributed by atoms with Gasteiger partial charge in [-0.05, 0) is 50.3 Å². The van der Waals surface area contributed by atoms with Crippen molar-refractivity contribution < 1.29 is 23.9 Å². The van der Waals surface area contributed by atoms with Crippen LogP contribution in [0.4, 0.5) is 4.79 Å². The molecule has 2 fully saturated rings. The zero-order chi connectivity index (χ0) is 20.6. The van der Waals surface area contributed by atoms with E-state index in [2.05, 4.69) is 12.2 Å². The minimum absolute atomic E-state index is 0.175. The molecule has 4 rings (SSSR count). The third kappa shape index (κ3) is 3.41. The summed E-state index contributed by atoms with van der Waals surface area (Å²) in [5.41, 5.74) is -0.654. The third-order valence-corrected chi connectivity index (χ3v) is 6.11. The van der Waals surface area contributed by atoms with E-state index in [1.54, 1.807) is 25.1 Å². The zero-order valence-electron chi connectivity index (χ0n) is 16.9. The fourth-order valence-corrected chi connectivity index (χ4v) is 4.37. The molecule has 156 valence electrons. The van der Waals surface area contributed by atoms with Crippen molar-refractivity contribution >= 4 is 17.8 Å². The van der Waals surface area contributed by atoms with Crippen LogP contribution in [0.5, 0.6) is 11.5 Å². The normalized spacial score (nSPS) is 26.5. The molecule has 3 aliphatic rings. The molecule has 0 unspecified atom stereocenters. The van der Waals surface area contributed by atoms with E-state index in [0.29, 0.717) is 36.8 Å². The molecule has 0 bridgehead atoms. The number of likely N-dealkylation sites (tertiary alicyclic amines) is 1. The summed E-state index contributed by atoms with van der Waals surface area (Å²) in [6.45, 7) is 5.07. The molecule has 3 aliphatic heterocycles. The molecule has 2 atom stereocenters. The van der Waals surface area contributed by atoms with E-state index in [9.17, 15) is 14.4 Å². The Morgan fingerprint density at radius 1 is 1.21 bits per heavy atom. The lowest BCUT2D eigenvalue weighted by molar-refractivity contribution is -0.141. The van der Waals surface area contributed by atoms with Gasteiger partial charge in [0.1, 0.15) is 25.3 Å². The number of rotatable bonds is 4. The molecule has 8 heteroatoms. The van der Waals surface area contributed by atoms with E-state index in [1.165, 1.54) is 0 Å². The van der Waals surface area contributed by atoms with Gasteiger partial charge in [0.15, 0.2) is 11.5 Å². The van der Waals surface area contributed by atoms with E-state index < -0.39 is 17.5 Å². The van der Waals surface area contributed by atoms with Gasteiger partial charge in [-0.25, -0.2) is 4.79 Å². The van der Waals surface area contributed by atoms with E-state index in [-0.39, 0.29) is 18.5 Å². The smallest absolute Gasteiger partial charge is 0.325 e. The number of imide groups is 1. The highest BCUT2D eigenvalue weighted by Crippen LogP contribution is 2.37. The maximum absolute atomic E-state index is 13.2. The van der Waals surface area contributed by atoms with Crippen LogP contribution in [-0.2, 0) is 15.1 Å². The van der Waals surface area contributed by atoms with Crippen molar-refractivity contribution in [2.75, 3.05) is 26.3 Å². The van der Waals surface area contributed by atoms with Crippen molar-refractivity contribution in [2.45, 2.75) is 51.1 Å². The second-order valence-corrected chi connectivity index (χ2v) is 7.95. The van der Waals surface area contributed by atoms with Gasteiger partial charge in [0.05, 0.1) is 0 Å². The molecular formula is C21H27N3O5. The summed E-state index contributed by atoms with van der Waals surface area (Å²) in [5, 5.41) is 2.76. The number of piperidine rings is 1. The van der Waals surface area contributed by atoms with Crippen LogP contribution in [0.15, 0.2) is 18.2 Å². The van der Waals surface area contributed by atoms with Crippen molar-refractivity contribution in [2.24, 2.45) is 0 Å². The first-order valence-corrected chi connectivity index (χ1v) is 10.3. The molecule has 2 saturated heterocycles. The number of fused-ring (bicyclic) bond motifs is 1. The summed E-state index contributed by atoms with van der Waals surface area (Å²) in [4.78, 5) is 41.5. The first-order chi connectivity index (χ1) is 13.9. The largest absolute Gasteiger partial charge is 0.486 e. The Bertz CT molecular complexity index is 842. The second-order valence-electron chi connectivity index (χ2n) is 7.95. The fourth-order valence-electron chi connectivity index (χ4n) is 4.37. The maximum Gasteiger partial charge on any atom is 0.325 e. The summed E-state index contributed by atoms with van der Waals surface area (Å²) in [6.07, 6.45) is 3.91. The molecular weight excluding hydrogens is 374 g/mol. The highest BCUT2D eigenvalue weighted by molar-refractivity contribution is 6.09. The number of ether oxygens (including phenoxy) is 2. The van der Waals surface area contributed by atoms with Crippen LogP contribution in [-0.4, -0.2) is 60.0 Å². The minimum Gasteiger partial charge on any atom is -0.486 e. The lowest BCUT2D eigenvalue weighted by atomic mass is 9.91. The number of nitrogens with zero attached hydrogens (tertiary/aromatic N) is 2. The van der Waals surface area contributed by atoms with Crippen molar-refractivity contribution in [3.63, 3.8) is 0 Å². The molecule has 1 aromatic carbocycles. The monoisotopic (exact) mass is 401 g/mol. The van der Waals surface area contributed by atoms with Crippen molar-refractivity contribution in [1.82, 2.24) is 15.1 Å². The molecule has 1 aromatic rings. The number of hydrogen-bond acceptors (Lipinski definition) is 5. The van der Waals surface area contributed by atoms with Crippen molar-refractivity contribution in [1.29, 1.82) is 0 Å². The van der Waals surface area contributed by atoms with Gasteiger partial charge in [-0.15, -0.1) is 0 Å². The van der Waals surface area contributed by atoms with Crippen molar-refractivity contribution in [3.8, 4) is 11.5 Å². The molecule has 0 radical (unpaired) electrons. The van der Waals surface area contributed by atoms with E-state index >= 15 is 0 Å². The lowest BCUT2D eigenvalue weighted by Gasteiger charge is -2.36. The van der Waals surface area contributed by atoms with Crippen LogP contribution in [0.1, 0.15) is 45.1 Å². The molecule has 0 spiro atoms. The number of nitrogens with one attached hydrogen (secondary N) is 1. The summed E-state index contributed by atoms with van der Waals surface area (Å²) in [5.74, 6) is 0.554. The Labute approximate surface area is 170 Å². The van der Waals surface area contributed by atoms with Gasteiger partial charge in [-0.1, -0.05) is 13.0 Å². The third-order valence-electron chi connectivity index (χ3n) is 6.11. The Hall–Kier alpha value is -2.77. The Kier molecular flexibility index (Phi) is 5.10. The molecule has 0 aliphatic carbocycles. The predicted octanol–water partition coefficient (Wildman–Crippen LogP) is 2.02. The molecule has 3 heterocycles. The summed E-state index contributed by atoms with van der Waals surface area (Å²) in [6, 6.07) is 4.83. The van der Waals surface area contributed by atoms with Crippen LogP contribution < -0.4 is 14.8 Å². The first kappa shape index (κ1) is 19.5. The van der Waals surface area contributed by atoms with Gasteiger partial charge < -0.3 is 19.7 Å². The maximum atomic E-state index is 13.2. The number of carbonyl (C=O) groups excluding carboxylic acids is 3. The SMILES string of the molecule is CC[C@H]1CCCCN1C(=O)CN1C(=O)N[C@@](C)(c2ccc3c(c2)OCCO3)C1=O. The molecule has 8 nitrogen and oxygen atoms in total. The average Bonchev–Trinajstić information content (AvgIpc) is 2.97. The summed E-state index contributed by atoms with van der Waals surface area (Å²) < 4.78 is 11.1. The second kappa shape index (κ2) is 7.57. The van der Waals surface area contributed by atoms with Gasteiger partial charge in [0.25, 0.3) is 5.91 Å².